The van der Waals surface area contributed by atoms with E-state index in [-0.39, 0.29) is 6.61 Å². The first-order chi connectivity index (χ1) is 7.60. The maximum atomic E-state index is 9.86. The molecular weight excluding hydrogens is 206 g/mol. The van der Waals surface area contributed by atoms with Crippen molar-refractivity contribution in [3.63, 3.8) is 0 Å². The number of aliphatic hydroxyl groups is 3. The Balaban J connectivity index is 2.84. The van der Waals surface area contributed by atoms with Crippen molar-refractivity contribution in [3.8, 4) is 0 Å². The van der Waals surface area contributed by atoms with Crippen LogP contribution < -0.4 is 5.32 Å². The van der Waals surface area contributed by atoms with Crippen molar-refractivity contribution in [2.45, 2.75) is 25.7 Å². The molecule has 0 saturated heterocycles. The minimum Gasteiger partial charge on any atom is -0.392 e. The first-order valence-corrected chi connectivity index (χ1v) is 5.31. The Bertz CT molecular complexity index is 341. The number of likely N-dealkylation sites (N-methyl/N-ethyl adjacent to an activating group) is 1. The van der Waals surface area contributed by atoms with Crippen molar-refractivity contribution in [2.75, 3.05) is 13.6 Å². The molecule has 0 radical (unpaired) electrons. The molecule has 0 bridgehead atoms. The van der Waals surface area contributed by atoms with Gasteiger partial charge in [0.1, 0.15) is 6.10 Å². The first kappa shape index (κ1) is 13.1. The van der Waals surface area contributed by atoms with Gasteiger partial charge in [0, 0.05) is 6.54 Å². The Morgan fingerprint density at radius 1 is 1.31 bits per heavy atom. The van der Waals surface area contributed by atoms with E-state index >= 15 is 0 Å². The fourth-order valence-electron chi connectivity index (χ4n) is 1.62. The molecule has 2 atom stereocenters. The minimum absolute atomic E-state index is 0.0126. The number of aliphatic hydroxyl groups excluding tert-OH is 3. The number of hydrogen-bond acceptors (Lipinski definition) is 4. The predicted molar refractivity (Wildman–Crippen MR) is 62.0 cm³/mol. The average Bonchev–Trinajstić information content (AvgIpc) is 2.28. The molecule has 0 aliphatic rings. The summed E-state index contributed by atoms with van der Waals surface area (Å²) in [6.07, 6.45) is -1.73. The summed E-state index contributed by atoms with van der Waals surface area (Å²) < 4.78 is 0. The lowest BCUT2D eigenvalue weighted by molar-refractivity contribution is 0.0202. The maximum Gasteiger partial charge on any atom is 0.106 e. The lowest BCUT2D eigenvalue weighted by Crippen LogP contribution is -2.29. The highest BCUT2D eigenvalue weighted by atomic mass is 16.3. The standard InChI is InChI=1S/C12H19NO3/c1-8-5-9(3-4-10(8)7-14)12(16)11(15)6-13-2/h3-5,11-16H,6-7H2,1-2H3. The Morgan fingerprint density at radius 2 is 2.00 bits per heavy atom. The van der Waals surface area contributed by atoms with Crippen LogP contribution in [0.15, 0.2) is 18.2 Å². The molecule has 0 aromatic heterocycles. The van der Waals surface area contributed by atoms with Gasteiger partial charge in [-0.05, 0) is 30.7 Å². The van der Waals surface area contributed by atoms with E-state index in [1.165, 1.54) is 0 Å². The van der Waals surface area contributed by atoms with Gasteiger partial charge in [-0.2, -0.15) is 0 Å². The molecule has 0 saturated carbocycles. The molecule has 0 aliphatic carbocycles. The number of rotatable bonds is 5. The predicted octanol–water partition coefficient (Wildman–Crippen LogP) is 0.101. The van der Waals surface area contributed by atoms with E-state index < -0.39 is 12.2 Å². The molecule has 0 aliphatic heterocycles. The fourth-order valence-corrected chi connectivity index (χ4v) is 1.62. The summed E-state index contributed by atoms with van der Waals surface area (Å²) in [6, 6.07) is 5.27. The molecule has 2 unspecified atom stereocenters. The van der Waals surface area contributed by atoms with Crippen LogP contribution in [0.2, 0.25) is 0 Å². The van der Waals surface area contributed by atoms with Gasteiger partial charge in [-0.15, -0.1) is 0 Å². The van der Waals surface area contributed by atoms with Crippen LogP contribution in [0.4, 0.5) is 0 Å². The third-order valence-corrected chi connectivity index (χ3v) is 2.66. The van der Waals surface area contributed by atoms with Crippen molar-refractivity contribution in [2.24, 2.45) is 0 Å². The van der Waals surface area contributed by atoms with Crippen molar-refractivity contribution in [1.82, 2.24) is 5.32 Å². The topological polar surface area (TPSA) is 72.7 Å². The van der Waals surface area contributed by atoms with Crippen molar-refractivity contribution < 1.29 is 15.3 Å². The highest BCUT2D eigenvalue weighted by Crippen LogP contribution is 2.20. The first-order valence-electron chi connectivity index (χ1n) is 5.31. The van der Waals surface area contributed by atoms with Crippen molar-refractivity contribution in [1.29, 1.82) is 0 Å². The second-order valence-electron chi connectivity index (χ2n) is 3.91. The molecule has 0 spiro atoms. The van der Waals surface area contributed by atoms with E-state index in [9.17, 15) is 10.2 Å². The van der Waals surface area contributed by atoms with Crippen LogP contribution in [-0.4, -0.2) is 35.0 Å². The van der Waals surface area contributed by atoms with Gasteiger partial charge >= 0.3 is 0 Å². The maximum absolute atomic E-state index is 9.86. The number of nitrogens with one attached hydrogen (secondary N) is 1. The quantitative estimate of drug-likeness (QED) is 0.573. The summed E-state index contributed by atoms with van der Waals surface area (Å²) in [5.41, 5.74) is 2.41. The van der Waals surface area contributed by atoms with Crippen LogP contribution in [0.1, 0.15) is 22.8 Å². The van der Waals surface area contributed by atoms with E-state index in [0.29, 0.717) is 12.1 Å². The van der Waals surface area contributed by atoms with Crippen LogP contribution in [-0.2, 0) is 6.61 Å². The molecular formula is C12H19NO3. The van der Waals surface area contributed by atoms with Crippen LogP contribution in [0.3, 0.4) is 0 Å². The SMILES string of the molecule is CNCC(O)C(O)c1ccc(CO)c(C)c1. The molecule has 0 fully saturated rings. The van der Waals surface area contributed by atoms with E-state index in [0.717, 1.165) is 11.1 Å². The van der Waals surface area contributed by atoms with Gasteiger partial charge in [0.25, 0.3) is 0 Å². The Hall–Kier alpha value is -0.940. The highest BCUT2D eigenvalue weighted by Gasteiger charge is 2.17. The zero-order valence-electron chi connectivity index (χ0n) is 9.64. The van der Waals surface area contributed by atoms with E-state index in [4.69, 9.17) is 5.11 Å². The molecule has 0 heterocycles. The smallest absolute Gasteiger partial charge is 0.106 e. The van der Waals surface area contributed by atoms with Gasteiger partial charge in [0.2, 0.25) is 0 Å². The lowest BCUT2D eigenvalue weighted by Gasteiger charge is -2.18. The molecule has 90 valence electrons. The van der Waals surface area contributed by atoms with Gasteiger partial charge < -0.3 is 20.6 Å². The molecule has 4 heteroatoms. The zero-order valence-corrected chi connectivity index (χ0v) is 9.64. The van der Waals surface area contributed by atoms with Gasteiger partial charge in [0.15, 0.2) is 0 Å². The summed E-state index contributed by atoms with van der Waals surface area (Å²) in [7, 11) is 1.72. The summed E-state index contributed by atoms with van der Waals surface area (Å²) in [4.78, 5) is 0. The summed E-state index contributed by atoms with van der Waals surface area (Å²) >= 11 is 0. The third kappa shape index (κ3) is 3.02. The van der Waals surface area contributed by atoms with Crippen molar-refractivity contribution in [3.05, 3.63) is 34.9 Å². The Kier molecular flexibility index (Phi) is 4.89. The van der Waals surface area contributed by atoms with Crippen LogP contribution in [0, 0.1) is 6.92 Å². The van der Waals surface area contributed by atoms with Crippen LogP contribution >= 0.6 is 0 Å². The third-order valence-electron chi connectivity index (χ3n) is 2.66. The highest BCUT2D eigenvalue weighted by molar-refractivity contribution is 5.32. The minimum atomic E-state index is -0.904. The van der Waals surface area contributed by atoms with Crippen LogP contribution in [0.5, 0.6) is 0 Å². The van der Waals surface area contributed by atoms with Gasteiger partial charge in [-0.3, -0.25) is 0 Å². The second-order valence-corrected chi connectivity index (χ2v) is 3.91. The summed E-state index contributed by atoms with van der Waals surface area (Å²) in [6.45, 7) is 2.19. The van der Waals surface area contributed by atoms with Crippen molar-refractivity contribution >= 4 is 0 Å². The number of benzene rings is 1. The molecule has 16 heavy (non-hydrogen) atoms. The van der Waals surface area contributed by atoms with E-state index in [2.05, 4.69) is 5.32 Å². The van der Waals surface area contributed by atoms with Gasteiger partial charge in [-0.25, -0.2) is 0 Å². The lowest BCUT2D eigenvalue weighted by atomic mass is 9.99. The van der Waals surface area contributed by atoms with Gasteiger partial charge in [-0.1, -0.05) is 18.2 Å². The summed E-state index contributed by atoms with van der Waals surface area (Å²) in [5, 5.41) is 31.3. The average molecular weight is 225 g/mol. The van der Waals surface area contributed by atoms with Gasteiger partial charge in [0.05, 0.1) is 12.7 Å². The normalized spacial score (nSPS) is 14.8. The molecule has 1 aromatic rings. The fraction of sp³-hybridized carbons (Fsp3) is 0.500. The zero-order chi connectivity index (χ0) is 12.1. The Labute approximate surface area is 95.6 Å². The molecule has 1 aromatic carbocycles. The van der Waals surface area contributed by atoms with E-state index in [1.807, 2.05) is 6.92 Å². The number of hydrogen-bond donors (Lipinski definition) is 4. The van der Waals surface area contributed by atoms with Crippen LogP contribution in [0.25, 0.3) is 0 Å². The molecule has 0 amide bonds. The largest absolute Gasteiger partial charge is 0.392 e. The summed E-state index contributed by atoms with van der Waals surface area (Å²) in [5.74, 6) is 0. The Morgan fingerprint density at radius 3 is 2.50 bits per heavy atom. The molecule has 4 nitrogen and oxygen atoms in total. The second kappa shape index (κ2) is 5.96. The number of aryl methyl sites for hydroxylation is 1. The van der Waals surface area contributed by atoms with E-state index in [1.54, 1.807) is 25.2 Å². The molecule has 1 rings (SSSR count). The monoisotopic (exact) mass is 225 g/mol. The molecule has 4 N–H and O–H groups in total.